The first kappa shape index (κ1) is 15.3. The third-order valence-corrected chi connectivity index (χ3v) is 5.44. The molecule has 0 radical (unpaired) electrons. The van der Waals surface area contributed by atoms with Crippen LogP contribution in [0.3, 0.4) is 0 Å². The van der Waals surface area contributed by atoms with Gasteiger partial charge in [-0.25, -0.2) is 0 Å². The van der Waals surface area contributed by atoms with Crippen molar-refractivity contribution in [3.8, 4) is 0 Å². The summed E-state index contributed by atoms with van der Waals surface area (Å²) in [6, 6.07) is 10.6. The molecule has 0 fully saturated rings. The van der Waals surface area contributed by atoms with Crippen molar-refractivity contribution in [2.24, 2.45) is 0 Å². The summed E-state index contributed by atoms with van der Waals surface area (Å²) in [7, 11) is 0. The Balaban J connectivity index is 2.36. The molecule has 1 heterocycles. The number of nitrogens with zero attached hydrogens (tertiary/aromatic N) is 2. The van der Waals surface area contributed by atoms with E-state index in [9.17, 15) is 0 Å². The molecule has 1 aromatic carbocycles. The van der Waals surface area contributed by atoms with E-state index in [4.69, 9.17) is 9.72 Å². The van der Waals surface area contributed by atoms with Crippen molar-refractivity contribution in [3.05, 3.63) is 41.9 Å². The molecule has 0 aliphatic heterocycles. The molecular formula is C16H22N2OSe. The fraction of sp³-hybridized carbons (Fsp3) is 0.438. The molecular weight excluding hydrogens is 315 g/mol. The summed E-state index contributed by atoms with van der Waals surface area (Å²) in [6.07, 6.45) is 0. The number of hydrogen-bond acceptors (Lipinski definition) is 2. The molecule has 0 spiro atoms. The Morgan fingerprint density at radius 2 is 1.95 bits per heavy atom. The first-order valence-corrected chi connectivity index (χ1v) is 8.72. The molecule has 0 saturated carbocycles. The van der Waals surface area contributed by atoms with Gasteiger partial charge in [-0.3, -0.25) is 0 Å². The van der Waals surface area contributed by atoms with Gasteiger partial charge >= 0.3 is 127 Å². The number of hydrogen-bond donors (Lipinski definition) is 0. The van der Waals surface area contributed by atoms with Crippen molar-refractivity contribution in [3.63, 3.8) is 0 Å². The summed E-state index contributed by atoms with van der Waals surface area (Å²) in [6.45, 7) is 9.83. The fourth-order valence-corrected chi connectivity index (χ4v) is 4.50. The molecule has 0 unspecified atom stereocenters. The van der Waals surface area contributed by atoms with E-state index in [1.165, 1.54) is 14.7 Å². The van der Waals surface area contributed by atoms with E-state index in [2.05, 4.69) is 55.7 Å². The minimum absolute atomic E-state index is 0.263. The topological polar surface area (TPSA) is 27.1 Å². The van der Waals surface area contributed by atoms with Crippen LogP contribution in [-0.2, 0) is 11.5 Å². The van der Waals surface area contributed by atoms with Crippen LogP contribution in [0.5, 0.6) is 0 Å². The molecule has 2 rings (SSSR count). The van der Waals surface area contributed by atoms with Crippen molar-refractivity contribution in [1.82, 2.24) is 9.55 Å². The third kappa shape index (κ3) is 3.51. The van der Waals surface area contributed by atoms with Gasteiger partial charge in [-0.05, 0) is 0 Å². The Morgan fingerprint density at radius 3 is 2.55 bits per heavy atom. The predicted octanol–water partition coefficient (Wildman–Crippen LogP) is 1.96. The van der Waals surface area contributed by atoms with E-state index in [1.54, 1.807) is 0 Å². The third-order valence-electron chi connectivity index (χ3n) is 3.07. The molecule has 20 heavy (non-hydrogen) atoms. The van der Waals surface area contributed by atoms with Crippen LogP contribution in [0, 0.1) is 6.92 Å². The van der Waals surface area contributed by atoms with E-state index in [0.717, 1.165) is 12.4 Å². The van der Waals surface area contributed by atoms with Crippen LogP contribution in [-0.4, -0.2) is 31.1 Å². The van der Waals surface area contributed by atoms with Gasteiger partial charge in [-0.15, -0.1) is 0 Å². The van der Waals surface area contributed by atoms with Gasteiger partial charge < -0.3 is 0 Å². The molecule has 0 N–H and O–H groups in total. The Bertz CT molecular complexity index is 549. The number of imidazole rings is 1. The standard InChI is InChI=1S/C16H22N2OSe/c1-5-19-11-18-13(4)17-15(12(2)3)16(18)20-14-9-7-6-8-10-14/h6-10,12H,5,11H2,1-4H3. The SMILES string of the molecule is CCOCn1c(C)nc(C(C)C)c1[Se]c1ccccc1. The van der Waals surface area contributed by atoms with Crippen LogP contribution in [0.25, 0.3) is 0 Å². The van der Waals surface area contributed by atoms with Crippen LogP contribution < -0.4 is 9.05 Å². The summed E-state index contributed by atoms with van der Waals surface area (Å²) in [5.74, 6) is 1.49. The Labute approximate surface area is 127 Å². The molecule has 4 heteroatoms. The summed E-state index contributed by atoms with van der Waals surface area (Å²) in [5, 5.41) is 0. The first-order valence-electron chi connectivity index (χ1n) is 7.01. The maximum atomic E-state index is 5.60. The van der Waals surface area contributed by atoms with Gasteiger partial charge in [0.1, 0.15) is 0 Å². The van der Waals surface area contributed by atoms with Gasteiger partial charge in [-0.1, -0.05) is 0 Å². The maximum absolute atomic E-state index is 5.60. The average molecular weight is 337 g/mol. The summed E-state index contributed by atoms with van der Waals surface area (Å²) >= 11 is 0.263. The molecule has 0 bridgehead atoms. The van der Waals surface area contributed by atoms with Crippen LogP contribution in [0.2, 0.25) is 0 Å². The quantitative estimate of drug-likeness (QED) is 0.754. The molecule has 0 atom stereocenters. The summed E-state index contributed by atoms with van der Waals surface area (Å²) in [5.41, 5.74) is 1.21. The first-order chi connectivity index (χ1) is 9.63. The van der Waals surface area contributed by atoms with Crippen LogP contribution in [0.1, 0.15) is 38.2 Å². The second-order valence-electron chi connectivity index (χ2n) is 4.97. The van der Waals surface area contributed by atoms with E-state index >= 15 is 0 Å². The van der Waals surface area contributed by atoms with Crippen LogP contribution in [0.4, 0.5) is 0 Å². The predicted molar refractivity (Wildman–Crippen MR) is 84.1 cm³/mol. The summed E-state index contributed by atoms with van der Waals surface area (Å²) in [4.78, 5) is 4.76. The second kappa shape index (κ2) is 7.07. The number of aryl methyl sites for hydroxylation is 1. The van der Waals surface area contributed by atoms with Gasteiger partial charge in [-0.2, -0.15) is 0 Å². The van der Waals surface area contributed by atoms with E-state index in [0.29, 0.717) is 12.6 Å². The summed E-state index contributed by atoms with van der Waals surface area (Å²) < 4.78 is 10.5. The zero-order valence-corrected chi connectivity index (χ0v) is 14.3. The Hall–Kier alpha value is -1.09. The minimum atomic E-state index is 0.263. The molecule has 2 aromatic rings. The number of benzene rings is 1. The van der Waals surface area contributed by atoms with Crippen LogP contribution in [0.15, 0.2) is 30.3 Å². The normalized spacial score (nSPS) is 11.2. The number of aromatic nitrogens is 2. The monoisotopic (exact) mass is 338 g/mol. The van der Waals surface area contributed by atoms with Crippen molar-refractivity contribution in [1.29, 1.82) is 0 Å². The molecule has 108 valence electrons. The molecule has 0 aliphatic carbocycles. The molecule has 3 nitrogen and oxygen atoms in total. The average Bonchev–Trinajstić information content (AvgIpc) is 2.74. The zero-order valence-electron chi connectivity index (χ0n) is 12.6. The Morgan fingerprint density at radius 1 is 1.25 bits per heavy atom. The van der Waals surface area contributed by atoms with Crippen molar-refractivity contribution in [2.75, 3.05) is 6.61 Å². The van der Waals surface area contributed by atoms with Gasteiger partial charge in [0, 0.05) is 0 Å². The van der Waals surface area contributed by atoms with E-state index < -0.39 is 0 Å². The van der Waals surface area contributed by atoms with Crippen LogP contribution >= 0.6 is 0 Å². The number of ether oxygens (including phenoxy) is 1. The zero-order chi connectivity index (χ0) is 14.5. The molecule has 0 amide bonds. The van der Waals surface area contributed by atoms with Gasteiger partial charge in [0.15, 0.2) is 0 Å². The van der Waals surface area contributed by atoms with E-state index in [-0.39, 0.29) is 15.0 Å². The van der Waals surface area contributed by atoms with E-state index in [1.807, 2.05) is 6.92 Å². The number of rotatable bonds is 6. The van der Waals surface area contributed by atoms with Gasteiger partial charge in [0.05, 0.1) is 0 Å². The molecule has 0 aliphatic rings. The second-order valence-corrected chi connectivity index (χ2v) is 7.20. The van der Waals surface area contributed by atoms with Crippen molar-refractivity contribution >= 4 is 24.0 Å². The van der Waals surface area contributed by atoms with Gasteiger partial charge in [0.25, 0.3) is 0 Å². The van der Waals surface area contributed by atoms with Gasteiger partial charge in [0.2, 0.25) is 0 Å². The van der Waals surface area contributed by atoms with Crippen molar-refractivity contribution < 1.29 is 4.74 Å². The van der Waals surface area contributed by atoms with Crippen molar-refractivity contribution in [2.45, 2.75) is 40.3 Å². The fourth-order valence-electron chi connectivity index (χ4n) is 1.99. The Kier molecular flexibility index (Phi) is 5.41. The molecule has 1 aromatic heterocycles. The molecule has 0 saturated heterocycles.